The number of thiophene rings is 1. The van der Waals surface area contributed by atoms with Gasteiger partial charge in [0.2, 0.25) is 5.91 Å². The van der Waals surface area contributed by atoms with Crippen molar-refractivity contribution >= 4 is 23.2 Å². The first kappa shape index (κ1) is 14.7. The highest BCUT2D eigenvalue weighted by atomic mass is 32.1. The molecule has 4 nitrogen and oxygen atoms in total. The molecule has 0 radical (unpaired) electrons. The molecule has 2 N–H and O–H groups in total. The predicted octanol–water partition coefficient (Wildman–Crippen LogP) is 2.30. The van der Waals surface area contributed by atoms with Gasteiger partial charge in [-0.1, -0.05) is 13.8 Å². The second-order valence-electron chi connectivity index (χ2n) is 4.72. The molecule has 1 amide bonds. The molecule has 18 heavy (non-hydrogen) atoms. The zero-order valence-electron chi connectivity index (χ0n) is 10.7. The number of hydrogen-bond donors (Lipinski definition) is 2. The van der Waals surface area contributed by atoms with Crippen LogP contribution in [0.25, 0.3) is 0 Å². The monoisotopic (exact) mass is 269 g/mol. The van der Waals surface area contributed by atoms with Gasteiger partial charge in [0, 0.05) is 6.42 Å². The average molecular weight is 269 g/mol. The van der Waals surface area contributed by atoms with Crippen molar-refractivity contribution in [1.29, 1.82) is 0 Å². The number of amides is 1. The molecule has 0 saturated carbocycles. The maximum absolute atomic E-state index is 11.7. The van der Waals surface area contributed by atoms with Crippen LogP contribution in [0.1, 0.15) is 32.3 Å². The molecule has 100 valence electrons. The Bertz CT molecular complexity index is 387. The molecule has 0 aliphatic rings. The second-order valence-corrected chi connectivity index (χ2v) is 5.50. The lowest BCUT2D eigenvalue weighted by atomic mass is 10.0. The third kappa shape index (κ3) is 5.31. The van der Waals surface area contributed by atoms with Crippen LogP contribution in [0, 0.1) is 5.92 Å². The van der Waals surface area contributed by atoms with Crippen molar-refractivity contribution < 1.29 is 14.7 Å². The summed E-state index contributed by atoms with van der Waals surface area (Å²) in [5, 5.41) is 15.5. The van der Waals surface area contributed by atoms with Crippen molar-refractivity contribution in [3.63, 3.8) is 0 Å². The smallest absolute Gasteiger partial charge is 0.326 e. The quantitative estimate of drug-likeness (QED) is 0.798. The summed E-state index contributed by atoms with van der Waals surface area (Å²) in [4.78, 5) is 22.7. The Labute approximate surface area is 111 Å². The number of carbonyl (C=O) groups is 2. The summed E-state index contributed by atoms with van der Waals surface area (Å²) >= 11 is 1.59. The van der Waals surface area contributed by atoms with Gasteiger partial charge in [0.15, 0.2) is 0 Å². The van der Waals surface area contributed by atoms with Gasteiger partial charge < -0.3 is 10.4 Å². The minimum atomic E-state index is -0.965. The van der Waals surface area contributed by atoms with E-state index < -0.39 is 12.0 Å². The molecule has 0 aliphatic carbocycles. The van der Waals surface area contributed by atoms with E-state index in [4.69, 9.17) is 5.11 Å². The van der Waals surface area contributed by atoms with Crippen LogP contribution in [0.15, 0.2) is 16.8 Å². The maximum atomic E-state index is 11.7. The fraction of sp³-hybridized carbons (Fsp3) is 0.538. The summed E-state index contributed by atoms with van der Waals surface area (Å²) in [6, 6.07) is 1.20. The molecule has 0 spiro atoms. The van der Waals surface area contributed by atoms with Gasteiger partial charge in [-0.3, -0.25) is 4.79 Å². The molecule has 1 aromatic rings. The van der Waals surface area contributed by atoms with E-state index in [0.29, 0.717) is 19.3 Å². The Morgan fingerprint density at radius 3 is 2.67 bits per heavy atom. The zero-order chi connectivity index (χ0) is 13.5. The fourth-order valence-corrected chi connectivity index (χ4v) is 2.36. The van der Waals surface area contributed by atoms with Gasteiger partial charge in [-0.2, -0.15) is 11.3 Å². The van der Waals surface area contributed by atoms with Crippen LogP contribution in [0.2, 0.25) is 0 Å². The summed E-state index contributed by atoms with van der Waals surface area (Å²) in [6.07, 6.45) is 1.45. The highest BCUT2D eigenvalue weighted by Gasteiger charge is 2.20. The molecule has 0 aliphatic heterocycles. The van der Waals surface area contributed by atoms with Crippen LogP contribution >= 0.6 is 11.3 Å². The maximum Gasteiger partial charge on any atom is 0.326 e. The predicted molar refractivity (Wildman–Crippen MR) is 71.7 cm³/mol. The minimum absolute atomic E-state index is 0.200. The van der Waals surface area contributed by atoms with E-state index in [0.717, 1.165) is 5.56 Å². The lowest BCUT2D eigenvalue weighted by Gasteiger charge is -2.16. The Morgan fingerprint density at radius 1 is 1.44 bits per heavy atom. The number of aryl methyl sites for hydroxylation is 1. The van der Waals surface area contributed by atoms with E-state index in [9.17, 15) is 9.59 Å². The highest BCUT2D eigenvalue weighted by Crippen LogP contribution is 2.09. The molecule has 0 bridgehead atoms. The van der Waals surface area contributed by atoms with Crippen molar-refractivity contribution in [2.24, 2.45) is 5.92 Å². The van der Waals surface area contributed by atoms with Crippen molar-refractivity contribution in [2.75, 3.05) is 0 Å². The van der Waals surface area contributed by atoms with Crippen LogP contribution in [0.5, 0.6) is 0 Å². The largest absolute Gasteiger partial charge is 0.480 e. The number of carboxylic acids is 1. The lowest BCUT2D eigenvalue weighted by Crippen LogP contribution is -2.41. The third-order valence-electron chi connectivity index (χ3n) is 2.56. The standard InChI is InChI=1S/C13H19NO3S/c1-9(2)7-11(13(16)17)14-12(15)4-3-10-5-6-18-8-10/h5-6,8-9,11H,3-4,7H2,1-2H3,(H,14,15)(H,16,17)/t11-/m0/s1. The molecule has 0 aromatic carbocycles. The van der Waals surface area contributed by atoms with Gasteiger partial charge in [-0.15, -0.1) is 0 Å². The molecule has 0 fully saturated rings. The van der Waals surface area contributed by atoms with Crippen molar-refractivity contribution in [3.8, 4) is 0 Å². The van der Waals surface area contributed by atoms with E-state index in [-0.39, 0.29) is 11.8 Å². The van der Waals surface area contributed by atoms with Gasteiger partial charge in [-0.05, 0) is 41.1 Å². The molecule has 0 unspecified atom stereocenters. The van der Waals surface area contributed by atoms with Crippen LogP contribution < -0.4 is 5.32 Å². The van der Waals surface area contributed by atoms with E-state index in [2.05, 4.69) is 5.32 Å². The Morgan fingerprint density at radius 2 is 2.17 bits per heavy atom. The van der Waals surface area contributed by atoms with Crippen molar-refractivity contribution in [1.82, 2.24) is 5.32 Å². The molecule has 1 aromatic heterocycles. The topological polar surface area (TPSA) is 66.4 Å². The molecular formula is C13H19NO3S. The molecule has 0 saturated heterocycles. The molecular weight excluding hydrogens is 250 g/mol. The van der Waals surface area contributed by atoms with Crippen LogP contribution in [0.4, 0.5) is 0 Å². The zero-order valence-corrected chi connectivity index (χ0v) is 11.5. The molecule has 1 heterocycles. The Hall–Kier alpha value is -1.36. The van der Waals surface area contributed by atoms with Gasteiger partial charge in [-0.25, -0.2) is 4.79 Å². The first-order valence-corrected chi connectivity index (χ1v) is 6.96. The number of rotatable bonds is 7. The van der Waals surface area contributed by atoms with Crippen LogP contribution in [0.3, 0.4) is 0 Å². The van der Waals surface area contributed by atoms with Crippen LogP contribution in [-0.2, 0) is 16.0 Å². The van der Waals surface area contributed by atoms with E-state index in [1.165, 1.54) is 0 Å². The van der Waals surface area contributed by atoms with Gasteiger partial charge in [0.05, 0.1) is 0 Å². The minimum Gasteiger partial charge on any atom is -0.480 e. The van der Waals surface area contributed by atoms with Crippen molar-refractivity contribution in [3.05, 3.63) is 22.4 Å². The highest BCUT2D eigenvalue weighted by molar-refractivity contribution is 7.07. The average Bonchev–Trinajstić information content (AvgIpc) is 2.77. The molecule has 1 atom stereocenters. The first-order chi connectivity index (χ1) is 8.49. The fourth-order valence-electron chi connectivity index (χ4n) is 1.65. The number of nitrogens with one attached hydrogen (secondary N) is 1. The van der Waals surface area contributed by atoms with E-state index >= 15 is 0 Å². The second kappa shape index (κ2) is 7.16. The summed E-state index contributed by atoms with van der Waals surface area (Å²) in [5.74, 6) is -0.926. The summed E-state index contributed by atoms with van der Waals surface area (Å²) in [7, 11) is 0. The summed E-state index contributed by atoms with van der Waals surface area (Å²) in [5.41, 5.74) is 1.12. The molecule has 5 heteroatoms. The molecule has 1 rings (SSSR count). The summed E-state index contributed by atoms with van der Waals surface area (Å²) < 4.78 is 0. The number of carboxylic acid groups (broad SMARTS) is 1. The van der Waals surface area contributed by atoms with E-state index in [1.54, 1.807) is 11.3 Å². The Balaban J connectivity index is 2.39. The lowest BCUT2D eigenvalue weighted by molar-refractivity contribution is -0.142. The number of hydrogen-bond acceptors (Lipinski definition) is 3. The van der Waals surface area contributed by atoms with Gasteiger partial charge >= 0.3 is 5.97 Å². The first-order valence-electron chi connectivity index (χ1n) is 6.02. The number of aliphatic carboxylic acids is 1. The van der Waals surface area contributed by atoms with Crippen molar-refractivity contribution in [2.45, 2.75) is 39.2 Å². The van der Waals surface area contributed by atoms with Gasteiger partial charge in [0.25, 0.3) is 0 Å². The Kier molecular flexibility index (Phi) is 5.85. The van der Waals surface area contributed by atoms with Crippen LogP contribution in [-0.4, -0.2) is 23.0 Å². The normalized spacial score (nSPS) is 12.4. The number of carbonyl (C=O) groups excluding carboxylic acids is 1. The SMILES string of the molecule is CC(C)C[C@H](NC(=O)CCc1ccsc1)C(=O)O. The summed E-state index contributed by atoms with van der Waals surface area (Å²) in [6.45, 7) is 3.88. The van der Waals surface area contributed by atoms with Gasteiger partial charge in [0.1, 0.15) is 6.04 Å². The third-order valence-corrected chi connectivity index (χ3v) is 3.29. The van der Waals surface area contributed by atoms with E-state index in [1.807, 2.05) is 30.7 Å².